The Labute approximate surface area is 176 Å². The lowest BCUT2D eigenvalue weighted by atomic mass is 10.1. The summed E-state index contributed by atoms with van der Waals surface area (Å²) < 4.78 is 32.6. The Morgan fingerprint density at radius 1 is 0.800 bits per heavy atom. The number of benzene rings is 3. The van der Waals surface area contributed by atoms with Crippen LogP contribution in [-0.4, -0.2) is 13.4 Å². The van der Waals surface area contributed by atoms with Crippen molar-refractivity contribution in [2.75, 3.05) is 5.32 Å². The van der Waals surface area contributed by atoms with E-state index in [-0.39, 0.29) is 21.7 Å². The first-order chi connectivity index (χ1) is 14.3. The zero-order valence-electron chi connectivity index (χ0n) is 17.0. The molecule has 1 aromatic heterocycles. The van der Waals surface area contributed by atoms with Gasteiger partial charge in [0.15, 0.2) is 0 Å². The van der Waals surface area contributed by atoms with E-state index in [4.69, 9.17) is 4.42 Å². The van der Waals surface area contributed by atoms with E-state index < -0.39 is 9.84 Å². The maximum absolute atomic E-state index is 13.3. The summed E-state index contributed by atoms with van der Waals surface area (Å²) in [5.41, 5.74) is 4.60. The van der Waals surface area contributed by atoms with E-state index in [9.17, 15) is 8.42 Å². The van der Waals surface area contributed by atoms with Crippen LogP contribution in [0.15, 0.2) is 87.1 Å². The van der Waals surface area contributed by atoms with Gasteiger partial charge in [-0.05, 0) is 68.3 Å². The lowest BCUT2D eigenvalue weighted by molar-refractivity contribution is 0.582. The van der Waals surface area contributed by atoms with Crippen LogP contribution in [-0.2, 0) is 9.84 Å². The minimum atomic E-state index is -3.87. The molecule has 0 saturated carbocycles. The fourth-order valence-electron chi connectivity index (χ4n) is 3.36. The number of nitrogens with one attached hydrogen (secondary N) is 1. The smallest absolute Gasteiger partial charge is 0.238 e. The van der Waals surface area contributed by atoms with Crippen molar-refractivity contribution in [2.45, 2.75) is 30.7 Å². The molecule has 1 heterocycles. The van der Waals surface area contributed by atoms with Crippen LogP contribution in [0.5, 0.6) is 0 Å². The van der Waals surface area contributed by atoms with Gasteiger partial charge in [-0.1, -0.05) is 42.0 Å². The van der Waals surface area contributed by atoms with Gasteiger partial charge in [0.2, 0.25) is 26.6 Å². The molecule has 30 heavy (non-hydrogen) atoms. The van der Waals surface area contributed by atoms with E-state index in [1.165, 1.54) is 0 Å². The molecule has 5 nitrogen and oxygen atoms in total. The molecule has 4 rings (SSSR count). The van der Waals surface area contributed by atoms with E-state index >= 15 is 0 Å². The SMILES string of the molecule is Cc1cc(C)cc(Nc2oc(-c3cccc(C)c3)nc2S(=O)(=O)c2ccccc2)c1. The predicted octanol–water partition coefficient (Wildman–Crippen LogP) is 5.84. The molecule has 3 aromatic carbocycles. The highest BCUT2D eigenvalue weighted by molar-refractivity contribution is 7.91. The Morgan fingerprint density at radius 2 is 1.50 bits per heavy atom. The Kier molecular flexibility index (Phi) is 5.18. The van der Waals surface area contributed by atoms with Gasteiger partial charge in [-0.2, -0.15) is 4.98 Å². The number of anilines is 2. The molecule has 6 heteroatoms. The zero-order chi connectivity index (χ0) is 21.3. The number of oxazole rings is 1. The molecule has 0 spiro atoms. The van der Waals surface area contributed by atoms with Crippen LogP contribution in [0.25, 0.3) is 11.5 Å². The summed E-state index contributed by atoms with van der Waals surface area (Å²) in [6.45, 7) is 5.93. The van der Waals surface area contributed by atoms with Gasteiger partial charge in [0.25, 0.3) is 0 Å². The van der Waals surface area contributed by atoms with Gasteiger partial charge in [-0.25, -0.2) is 8.42 Å². The number of hydrogen-bond acceptors (Lipinski definition) is 5. The Bertz CT molecular complexity index is 1290. The van der Waals surface area contributed by atoms with Gasteiger partial charge in [0.05, 0.1) is 4.90 Å². The second-order valence-corrected chi connectivity index (χ2v) is 9.21. The summed E-state index contributed by atoms with van der Waals surface area (Å²) in [7, 11) is -3.87. The van der Waals surface area contributed by atoms with Gasteiger partial charge in [0.1, 0.15) is 0 Å². The van der Waals surface area contributed by atoms with Gasteiger partial charge < -0.3 is 9.73 Å². The zero-order valence-corrected chi connectivity index (χ0v) is 17.8. The van der Waals surface area contributed by atoms with Crippen molar-refractivity contribution in [1.82, 2.24) is 4.98 Å². The predicted molar refractivity (Wildman–Crippen MR) is 118 cm³/mol. The number of nitrogens with zero attached hydrogens (tertiary/aromatic N) is 1. The molecule has 0 aliphatic carbocycles. The third-order valence-electron chi connectivity index (χ3n) is 4.65. The van der Waals surface area contributed by atoms with Crippen LogP contribution in [0.4, 0.5) is 11.6 Å². The van der Waals surface area contributed by atoms with E-state index in [1.807, 2.05) is 63.2 Å². The molecule has 152 valence electrons. The molecule has 0 atom stereocenters. The molecule has 0 radical (unpaired) electrons. The molecule has 0 bridgehead atoms. The second-order valence-electron chi connectivity index (χ2n) is 7.34. The normalized spacial score (nSPS) is 11.4. The Morgan fingerprint density at radius 3 is 2.17 bits per heavy atom. The van der Waals surface area contributed by atoms with Crippen LogP contribution in [0.1, 0.15) is 16.7 Å². The molecule has 4 aromatic rings. The van der Waals surface area contributed by atoms with E-state index in [0.717, 1.165) is 22.4 Å². The van der Waals surface area contributed by atoms with E-state index in [1.54, 1.807) is 30.3 Å². The monoisotopic (exact) mass is 418 g/mol. The van der Waals surface area contributed by atoms with Crippen molar-refractivity contribution < 1.29 is 12.8 Å². The largest absolute Gasteiger partial charge is 0.419 e. The third-order valence-corrected chi connectivity index (χ3v) is 6.33. The van der Waals surface area contributed by atoms with Crippen molar-refractivity contribution in [1.29, 1.82) is 0 Å². The summed E-state index contributed by atoms with van der Waals surface area (Å²) in [5.74, 6) is 0.348. The molecular weight excluding hydrogens is 396 g/mol. The average Bonchev–Trinajstić information content (AvgIpc) is 3.12. The highest BCUT2D eigenvalue weighted by atomic mass is 32.2. The summed E-state index contributed by atoms with van der Waals surface area (Å²) in [6.07, 6.45) is 0. The summed E-state index contributed by atoms with van der Waals surface area (Å²) in [5, 5.41) is 2.99. The Hall–Kier alpha value is -3.38. The quantitative estimate of drug-likeness (QED) is 0.441. The maximum atomic E-state index is 13.3. The van der Waals surface area contributed by atoms with Crippen molar-refractivity contribution >= 4 is 21.4 Å². The highest BCUT2D eigenvalue weighted by Crippen LogP contribution is 2.34. The molecule has 0 saturated heterocycles. The van der Waals surface area contributed by atoms with Crippen molar-refractivity contribution in [3.8, 4) is 11.5 Å². The highest BCUT2D eigenvalue weighted by Gasteiger charge is 2.28. The fraction of sp³-hybridized carbons (Fsp3) is 0.125. The van der Waals surface area contributed by atoms with Crippen LogP contribution in [0, 0.1) is 20.8 Å². The number of sulfone groups is 1. The van der Waals surface area contributed by atoms with Gasteiger partial charge in [-0.15, -0.1) is 0 Å². The molecule has 0 aliphatic heterocycles. The van der Waals surface area contributed by atoms with Gasteiger partial charge in [0, 0.05) is 11.3 Å². The number of rotatable bonds is 5. The number of aromatic nitrogens is 1. The molecule has 0 amide bonds. The molecular formula is C24H22N2O3S. The van der Waals surface area contributed by atoms with Crippen molar-refractivity contribution in [3.63, 3.8) is 0 Å². The summed E-state index contributed by atoms with van der Waals surface area (Å²) >= 11 is 0. The van der Waals surface area contributed by atoms with E-state index in [0.29, 0.717) is 5.56 Å². The first kappa shape index (κ1) is 19.9. The molecule has 1 N–H and O–H groups in total. The first-order valence-electron chi connectivity index (χ1n) is 9.56. The summed E-state index contributed by atoms with van der Waals surface area (Å²) in [6, 6.07) is 21.8. The Balaban J connectivity index is 1.87. The third kappa shape index (κ3) is 4.00. The minimum Gasteiger partial charge on any atom is -0.419 e. The summed E-state index contributed by atoms with van der Waals surface area (Å²) in [4.78, 5) is 4.56. The molecule has 0 fully saturated rings. The maximum Gasteiger partial charge on any atom is 0.238 e. The van der Waals surface area contributed by atoms with E-state index in [2.05, 4.69) is 10.3 Å². The topological polar surface area (TPSA) is 72.2 Å². The van der Waals surface area contributed by atoms with Gasteiger partial charge >= 0.3 is 0 Å². The van der Waals surface area contributed by atoms with Crippen LogP contribution in [0.2, 0.25) is 0 Å². The average molecular weight is 419 g/mol. The second kappa shape index (κ2) is 7.80. The van der Waals surface area contributed by atoms with Crippen molar-refractivity contribution in [2.24, 2.45) is 0 Å². The lowest BCUT2D eigenvalue weighted by Crippen LogP contribution is -2.05. The van der Waals surface area contributed by atoms with Crippen LogP contribution >= 0.6 is 0 Å². The number of hydrogen-bond donors (Lipinski definition) is 1. The van der Waals surface area contributed by atoms with Crippen LogP contribution in [0.3, 0.4) is 0 Å². The van der Waals surface area contributed by atoms with Crippen LogP contribution < -0.4 is 5.32 Å². The molecule has 0 aliphatic rings. The van der Waals surface area contributed by atoms with Crippen molar-refractivity contribution in [3.05, 3.63) is 89.5 Å². The fourth-order valence-corrected chi connectivity index (χ4v) is 4.64. The first-order valence-corrected chi connectivity index (χ1v) is 11.0. The minimum absolute atomic E-state index is 0.0976. The number of aryl methyl sites for hydroxylation is 3. The van der Waals surface area contributed by atoms with Gasteiger partial charge in [-0.3, -0.25) is 0 Å². The lowest BCUT2D eigenvalue weighted by Gasteiger charge is -2.08. The molecule has 0 unspecified atom stereocenters. The standard InChI is InChI=1S/C24H22N2O3S/c1-16-8-7-9-19(13-16)22-26-24(30(27,28)21-10-5-4-6-11-21)23(29-22)25-20-14-17(2)12-18(3)15-20/h4-15,25H,1-3H3.